The van der Waals surface area contributed by atoms with Gasteiger partial charge in [0.15, 0.2) is 0 Å². The van der Waals surface area contributed by atoms with Crippen molar-refractivity contribution < 1.29 is 14.5 Å². The van der Waals surface area contributed by atoms with E-state index in [0.717, 1.165) is 18.0 Å². The van der Waals surface area contributed by atoms with Crippen molar-refractivity contribution in [3.05, 3.63) is 33.9 Å². The second kappa shape index (κ2) is 4.76. The number of benzene rings is 1. The van der Waals surface area contributed by atoms with E-state index in [1.165, 1.54) is 19.2 Å². The summed E-state index contributed by atoms with van der Waals surface area (Å²) in [6, 6.07) is 3.98. The number of hydrogen-bond acceptors (Lipinski definition) is 6. The summed E-state index contributed by atoms with van der Waals surface area (Å²) in [7, 11) is 1.21. The van der Waals surface area contributed by atoms with Crippen LogP contribution in [0.15, 0.2) is 23.1 Å². The highest BCUT2D eigenvalue weighted by molar-refractivity contribution is 7.97. The smallest absolute Gasteiger partial charge is 0.338 e. The van der Waals surface area contributed by atoms with Gasteiger partial charge in [-0.05, 0) is 24.1 Å². The van der Waals surface area contributed by atoms with Crippen LogP contribution in [0.3, 0.4) is 0 Å². The number of nitrogens with two attached hydrogens (primary N) is 1. The van der Waals surface area contributed by atoms with Gasteiger partial charge in [-0.25, -0.2) is 4.79 Å². The first-order valence-electron chi connectivity index (χ1n) is 3.83. The zero-order chi connectivity index (χ0) is 11.4. The Morgan fingerprint density at radius 1 is 1.60 bits per heavy atom. The van der Waals surface area contributed by atoms with Crippen molar-refractivity contribution in [1.29, 1.82) is 0 Å². The van der Waals surface area contributed by atoms with E-state index in [2.05, 4.69) is 4.74 Å². The predicted molar refractivity (Wildman–Crippen MR) is 54.5 cm³/mol. The molecule has 1 aromatic carbocycles. The molecular weight excluding hydrogens is 220 g/mol. The molecule has 0 radical (unpaired) electrons. The molecule has 0 aliphatic rings. The molecule has 15 heavy (non-hydrogen) atoms. The number of methoxy groups -OCH3 is 1. The Hall–Kier alpha value is -1.60. The van der Waals surface area contributed by atoms with Crippen molar-refractivity contribution in [2.45, 2.75) is 4.90 Å². The topological polar surface area (TPSA) is 95.5 Å². The first-order chi connectivity index (χ1) is 7.10. The van der Waals surface area contributed by atoms with E-state index >= 15 is 0 Å². The van der Waals surface area contributed by atoms with Crippen LogP contribution in [0.4, 0.5) is 5.69 Å². The minimum atomic E-state index is -0.619. The van der Waals surface area contributed by atoms with E-state index in [9.17, 15) is 14.9 Å². The fourth-order valence-corrected chi connectivity index (χ4v) is 1.41. The summed E-state index contributed by atoms with van der Waals surface area (Å²) in [6.07, 6.45) is 0. The quantitative estimate of drug-likeness (QED) is 0.363. The van der Waals surface area contributed by atoms with Gasteiger partial charge in [0.2, 0.25) is 0 Å². The number of carbonyl (C=O) groups excluding carboxylic acids is 1. The van der Waals surface area contributed by atoms with Crippen molar-refractivity contribution in [3.63, 3.8) is 0 Å². The highest BCUT2D eigenvalue weighted by Gasteiger charge is 2.17. The summed E-state index contributed by atoms with van der Waals surface area (Å²) in [4.78, 5) is 21.4. The first kappa shape index (κ1) is 11.5. The molecule has 80 valence electrons. The Morgan fingerprint density at radius 3 is 2.73 bits per heavy atom. The molecule has 1 rings (SSSR count). The summed E-state index contributed by atoms with van der Waals surface area (Å²) in [5.74, 6) is -0.619. The van der Waals surface area contributed by atoms with Crippen LogP contribution in [0, 0.1) is 10.1 Å². The molecule has 0 aromatic heterocycles. The highest BCUT2D eigenvalue weighted by atomic mass is 32.2. The summed E-state index contributed by atoms with van der Waals surface area (Å²) < 4.78 is 4.44. The molecule has 0 heterocycles. The third kappa shape index (κ3) is 2.45. The normalized spacial score (nSPS) is 9.73. The van der Waals surface area contributed by atoms with Crippen LogP contribution >= 0.6 is 11.9 Å². The molecule has 0 amide bonds. The lowest BCUT2D eigenvalue weighted by molar-refractivity contribution is -0.387. The molecule has 0 saturated heterocycles. The molecule has 0 spiro atoms. The van der Waals surface area contributed by atoms with Crippen molar-refractivity contribution in [1.82, 2.24) is 0 Å². The zero-order valence-electron chi connectivity index (χ0n) is 7.80. The lowest BCUT2D eigenvalue weighted by Crippen LogP contribution is -2.03. The van der Waals surface area contributed by atoms with Gasteiger partial charge in [0.1, 0.15) is 4.90 Å². The van der Waals surface area contributed by atoms with Crippen LogP contribution in [0.1, 0.15) is 10.4 Å². The third-order valence-corrected chi connectivity index (χ3v) is 2.30. The molecule has 0 saturated carbocycles. The molecule has 0 bridgehead atoms. The SMILES string of the molecule is COC(=O)c1ccc(SN)c([N+](=O)[O-])c1. The summed E-state index contributed by atoms with van der Waals surface area (Å²) in [6.45, 7) is 0. The van der Waals surface area contributed by atoms with Gasteiger partial charge in [0.05, 0.1) is 17.6 Å². The summed E-state index contributed by atoms with van der Waals surface area (Å²) >= 11 is 0.758. The molecule has 0 unspecified atom stereocenters. The Kier molecular flexibility index (Phi) is 3.64. The van der Waals surface area contributed by atoms with Gasteiger partial charge in [-0.15, -0.1) is 0 Å². The number of ether oxygens (including phenoxy) is 1. The molecule has 0 fully saturated rings. The Labute approximate surface area is 89.7 Å². The van der Waals surface area contributed by atoms with E-state index in [1.807, 2.05) is 0 Å². The van der Waals surface area contributed by atoms with Crippen LogP contribution in [0.2, 0.25) is 0 Å². The monoisotopic (exact) mass is 228 g/mol. The number of nitro groups is 1. The van der Waals surface area contributed by atoms with Gasteiger partial charge >= 0.3 is 5.97 Å². The molecule has 7 heteroatoms. The maximum atomic E-state index is 11.1. The fraction of sp³-hybridized carbons (Fsp3) is 0.125. The van der Waals surface area contributed by atoms with E-state index in [-0.39, 0.29) is 11.3 Å². The Balaban J connectivity index is 3.22. The number of hydrogen-bond donors (Lipinski definition) is 1. The summed E-state index contributed by atoms with van der Waals surface area (Å²) in [5.41, 5.74) is -0.0765. The highest BCUT2D eigenvalue weighted by Crippen LogP contribution is 2.26. The van der Waals surface area contributed by atoms with Crippen molar-refractivity contribution in [2.75, 3.05) is 7.11 Å². The maximum Gasteiger partial charge on any atom is 0.338 e. The van der Waals surface area contributed by atoms with E-state index in [1.54, 1.807) is 0 Å². The lowest BCUT2D eigenvalue weighted by atomic mass is 10.2. The third-order valence-electron chi connectivity index (χ3n) is 1.70. The van der Waals surface area contributed by atoms with Crippen LogP contribution in [0.25, 0.3) is 0 Å². The zero-order valence-corrected chi connectivity index (χ0v) is 8.61. The molecule has 0 atom stereocenters. The minimum Gasteiger partial charge on any atom is -0.465 e. The van der Waals surface area contributed by atoms with Crippen LogP contribution in [-0.4, -0.2) is 18.0 Å². The number of esters is 1. The number of carbonyl (C=O) groups is 1. The first-order valence-corrected chi connectivity index (χ1v) is 4.71. The van der Waals surface area contributed by atoms with E-state index in [4.69, 9.17) is 5.14 Å². The van der Waals surface area contributed by atoms with Crippen LogP contribution in [-0.2, 0) is 4.74 Å². The maximum absolute atomic E-state index is 11.1. The average Bonchev–Trinajstić information content (AvgIpc) is 2.27. The van der Waals surface area contributed by atoms with E-state index in [0.29, 0.717) is 4.90 Å². The Morgan fingerprint density at radius 2 is 2.27 bits per heavy atom. The van der Waals surface area contributed by atoms with Crippen molar-refractivity contribution in [3.8, 4) is 0 Å². The van der Waals surface area contributed by atoms with Gasteiger partial charge in [0, 0.05) is 6.07 Å². The van der Waals surface area contributed by atoms with Gasteiger partial charge in [-0.2, -0.15) is 0 Å². The number of nitrogens with zero attached hydrogens (tertiary/aromatic N) is 1. The largest absolute Gasteiger partial charge is 0.465 e. The second-order valence-corrected chi connectivity index (χ2v) is 3.22. The van der Waals surface area contributed by atoms with Crippen molar-refractivity contribution >= 4 is 23.6 Å². The number of rotatable bonds is 3. The van der Waals surface area contributed by atoms with Crippen LogP contribution in [0.5, 0.6) is 0 Å². The van der Waals surface area contributed by atoms with E-state index < -0.39 is 10.9 Å². The second-order valence-electron chi connectivity index (χ2n) is 2.55. The Bertz CT molecular complexity index is 408. The van der Waals surface area contributed by atoms with Gasteiger partial charge in [0.25, 0.3) is 5.69 Å². The predicted octanol–water partition coefficient (Wildman–Crippen LogP) is 1.35. The minimum absolute atomic E-state index is 0.127. The molecule has 6 nitrogen and oxygen atoms in total. The standard InChI is InChI=1S/C8H8N2O4S/c1-14-8(11)5-2-3-7(15-9)6(4-5)10(12)13/h2-4H,9H2,1H3. The molecule has 0 aliphatic heterocycles. The molecule has 0 aliphatic carbocycles. The fourth-order valence-electron chi connectivity index (χ4n) is 1.00. The molecular formula is C8H8N2O4S. The average molecular weight is 228 g/mol. The molecule has 2 N–H and O–H groups in total. The lowest BCUT2D eigenvalue weighted by Gasteiger charge is -2.01. The van der Waals surface area contributed by atoms with Crippen LogP contribution < -0.4 is 5.14 Å². The summed E-state index contributed by atoms with van der Waals surface area (Å²) in [5, 5.41) is 15.9. The van der Waals surface area contributed by atoms with Crippen molar-refractivity contribution in [2.24, 2.45) is 5.14 Å². The molecule has 1 aromatic rings. The van der Waals surface area contributed by atoms with Gasteiger partial charge in [-0.3, -0.25) is 15.3 Å². The van der Waals surface area contributed by atoms with Gasteiger partial charge in [-0.1, -0.05) is 0 Å². The van der Waals surface area contributed by atoms with Gasteiger partial charge < -0.3 is 4.74 Å². The number of nitro benzene ring substituents is 1.